The van der Waals surface area contributed by atoms with Crippen molar-refractivity contribution in [1.29, 1.82) is 0 Å². The number of hydrogen-bond donors (Lipinski definition) is 2. The van der Waals surface area contributed by atoms with Gasteiger partial charge in [0.05, 0.1) is 0 Å². The Labute approximate surface area is 170 Å². The Kier molecular flexibility index (Phi) is 7.19. The van der Waals surface area contributed by atoms with Gasteiger partial charge in [-0.15, -0.1) is 0 Å². The summed E-state index contributed by atoms with van der Waals surface area (Å²) in [6.07, 6.45) is -0.640. The zero-order valence-electron chi connectivity index (χ0n) is 17.3. The fourth-order valence-electron chi connectivity index (χ4n) is 2.85. The summed E-state index contributed by atoms with van der Waals surface area (Å²) >= 11 is 0. The van der Waals surface area contributed by atoms with Crippen LogP contribution in [0, 0.1) is 0 Å². The molecule has 29 heavy (non-hydrogen) atoms. The summed E-state index contributed by atoms with van der Waals surface area (Å²) in [5.74, 6) is -0.589. The number of amides is 4. The first-order chi connectivity index (χ1) is 13.5. The molecule has 0 spiro atoms. The normalized spacial score (nSPS) is 14.2. The maximum Gasteiger partial charge on any atom is 0.408 e. The number of alkyl carbamates (subject to hydrolysis) is 1. The van der Waals surface area contributed by atoms with Crippen molar-refractivity contribution in [2.45, 2.75) is 33.3 Å². The van der Waals surface area contributed by atoms with Crippen LogP contribution in [0.4, 0.5) is 10.5 Å². The third kappa shape index (κ3) is 7.10. The van der Waals surface area contributed by atoms with Crippen molar-refractivity contribution in [3.8, 4) is 0 Å². The van der Waals surface area contributed by atoms with Crippen molar-refractivity contribution >= 4 is 29.5 Å². The standard InChI is InChI=1S/C20H28N4O5/c1-14(25)22-16-7-5-6-15(12-16)18(27)24-10-8-23(9-11-24)17(26)13-21-19(28)29-20(2,3)4/h5-7,12H,8-11,13H2,1-4H3,(H,21,28)(H,22,25). The second-order valence-electron chi connectivity index (χ2n) is 7.79. The molecule has 2 N–H and O–H groups in total. The highest BCUT2D eigenvalue weighted by molar-refractivity contribution is 5.97. The molecular formula is C20H28N4O5. The van der Waals surface area contributed by atoms with Gasteiger partial charge in [0.2, 0.25) is 11.8 Å². The molecule has 9 nitrogen and oxygen atoms in total. The van der Waals surface area contributed by atoms with E-state index in [9.17, 15) is 19.2 Å². The van der Waals surface area contributed by atoms with Crippen molar-refractivity contribution in [2.24, 2.45) is 0 Å². The quantitative estimate of drug-likeness (QED) is 0.790. The Hall–Kier alpha value is -3.10. The predicted octanol–water partition coefficient (Wildman–Crippen LogP) is 1.45. The van der Waals surface area contributed by atoms with Crippen LogP contribution in [0.2, 0.25) is 0 Å². The third-order valence-electron chi connectivity index (χ3n) is 4.13. The zero-order chi connectivity index (χ0) is 21.6. The molecule has 158 valence electrons. The minimum Gasteiger partial charge on any atom is -0.444 e. The molecule has 1 saturated heterocycles. The monoisotopic (exact) mass is 404 g/mol. The van der Waals surface area contributed by atoms with Gasteiger partial charge in [-0.05, 0) is 39.0 Å². The van der Waals surface area contributed by atoms with Crippen LogP contribution in [0.15, 0.2) is 24.3 Å². The predicted molar refractivity (Wildman–Crippen MR) is 107 cm³/mol. The lowest BCUT2D eigenvalue weighted by atomic mass is 10.1. The van der Waals surface area contributed by atoms with Gasteiger partial charge in [-0.3, -0.25) is 14.4 Å². The molecule has 0 aromatic heterocycles. The molecule has 0 radical (unpaired) electrons. The molecule has 1 aromatic carbocycles. The van der Waals surface area contributed by atoms with Gasteiger partial charge >= 0.3 is 6.09 Å². The van der Waals surface area contributed by atoms with Crippen LogP contribution in [-0.4, -0.2) is 71.9 Å². The van der Waals surface area contributed by atoms with Gasteiger partial charge in [0.15, 0.2) is 0 Å². The first kappa shape index (κ1) is 22.2. The van der Waals surface area contributed by atoms with Gasteiger partial charge in [0, 0.05) is 44.4 Å². The Balaban J connectivity index is 1.84. The van der Waals surface area contributed by atoms with E-state index in [-0.39, 0.29) is 24.3 Å². The molecule has 0 saturated carbocycles. The number of nitrogens with one attached hydrogen (secondary N) is 2. The van der Waals surface area contributed by atoms with Crippen LogP contribution in [-0.2, 0) is 14.3 Å². The lowest BCUT2D eigenvalue weighted by Gasteiger charge is -2.35. The first-order valence-corrected chi connectivity index (χ1v) is 9.47. The highest BCUT2D eigenvalue weighted by Crippen LogP contribution is 2.14. The van der Waals surface area contributed by atoms with Crippen molar-refractivity contribution in [1.82, 2.24) is 15.1 Å². The Morgan fingerprint density at radius 3 is 2.24 bits per heavy atom. The van der Waals surface area contributed by atoms with E-state index < -0.39 is 11.7 Å². The van der Waals surface area contributed by atoms with Gasteiger partial charge in [-0.2, -0.15) is 0 Å². The summed E-state index contributed by atoms with van der Waals surface area (Å²) in [5.41, 5.74) is 0.407. The number of ether oxygens (including phenoxy) is 1. The van der Waals surface area contributed by atoms with Crippen molar-refractivity contribution < 1.29 is 23.9 Å². The Morgan fingerprint density at radius 2 is 1.66 bits per heavy atom. The SMILES string of the molecule is CC(=O)Nc1cccc(C(=O)N2CCN(C(=O)CNC(=O)OC(C)(C)C)CC2)c1. The van der Waals surface area contributed by atoms with Crippen molar-refractivity contribution in [3.63, 3.8) is 0 Å². The molecule has 1 aromatic rings. The number of nitrogens with zero attached hydrogens (tertiary/aromatic N) is 2. The lowest BCUT2D eigenvalue weighted by Crippen LogP contribution is -2.52. The number of rotatable bonds is 4. The van der Waals surface area contributed by atoms with E-state index in [1.165, 1.54) is 6.92 Å². The molecule has 0 unspecified atom stereocenters. The molecule has 0 bridgehead atoms. The summed E-state index contributed by atoms with van der Waals surface area (Å²) in [5, 5.41) is 5.11. The number of hydrogen-bond acceptors (Lipinski definition) is 5. The third-order valence-corrected chi connectivity index (χ3v) is 4.13. The topological polar surface area (TPSA) is 108 Å². The van der Waals surface area contributed by atoms with Crippen molar-refractivity contribution in [3.05, 3.63) is 29.8 Å². The van der Waals surface area contributed by atoms with Crippen LogP contribution in [0.1, 0.15) is 38.1 Å². The van der Waals surface area contributed by atoms with E-state index in [2.05, 4.69) is 10.6 Å². The minimum atomic E-state index is -0.640. The molecule has 2 rings (SSSR count). The first-order valence-electron chi connectivity index (χ1n) is 9.47. The van der Waals surface area contributed by atoms with E-state index in [1.807, 2.05) is 0 Å². The molecule has 1 aliphatic heterocycles. The summed E-state index contributed by atoms with van der Waals surface area (Å²) in [4.78, 5) is 51.1. The average Bonchev–Trinajstić information content (AvgIpc) is 2.64. The molecule has 1 heterocycles. The second-order valence-corrected chi connectivity index (χ2v) is 7.79. The van der Waals surface area contributed by atoms with E-state index in [1.54, 1.807) is 54.8 Å². The maximum atomic E-state index is 12.7. The van der Waals surface area contributed by atoms with Gasteiger partial charge in [0.1, 0.15) is 12.1 Å². The Morgan fingerprint density at radius 1 is 1.03 bits per heavy atom. The average molecular weight is 404 g/mol. The van der Waals surface area contributed by atoms with E-state index in [0.29, 0.717) is 37.4 Å². The second kappa shape index (κ2) is 9.40. The summed E-state index contributed by atoms with van der Waals surface area (Å²) in [7, 11) is 0. The number of anilines is 1. The summed E-state index contributed by atoms with van der Waals surface area (Å²) < 4.78 is 5.11. The molecule has 9 heteroatoms. The van der Waals surface area contributed by atoms with Crippen molar-refractivity contribution in [2.75, 3.05) is 38.0 Å². The molecule has 4 amide bonds. The number of benzene rings is 1. The smallest absolute Gasteiger partial charge is 0.408 e. The fourth-order valence-corrected chi connectivity index (χ4v) is 2.85. The van der Waals surface area contributed by atoms with E-state index >= 15 is 0 Å². The Bertz CT molecular complexity index is 779. The highest BCUT2D eigenvalue weighted by Gasteiger charge is 2.25. The zero-order valence-corrected chi connectivity index (χ0v) is 17.3. The summed E-state index contributed by atoms with van der Waals surface area (Å²) in [6, 6.07) is 6.75. The summed E-state index contributed by atoms with van der Waals surface area (Å²) in [6.45, 7) is 8.04. The number of carbonyl (C=O) groups excluding carboxylic acids is 4. The lowest BCUT2D eigenvalue weighted by molar-refractivity contribution is -0.131. The van der Waals surface area contributed by atoms with Gasteiger partial charge in [-0.25, -0.2) is 4.79 Å². The van der Waals surface area contributed by atoms with Gasteiger partial charge in [-0.1, -0.05) is 6.07 Å². The van der Waals surface area contributed by atoms with Crippen LogP contribution in [0.3, 0.4) is 0 Å². The van der Waals surface area contributed by atoms with E-state index in [4.69, 9.17) is 4.74 Å². The largest absolute Gasteiger partial charge is 0.444 e. The fraction of sp³-hybridized carbons (Fsp3) is 0.500. The van der Waals surface area contributed by atoms with Gasteiger partial charge < -0.3 is 25.2 Å². The molecular weight excluding hydrogens is 376 g/mol. The number of carbonyl (C=O) groups is 4. The molecule has 0 atom stereocenters. The van der Waals surface area contributed by atoms with Gasteiger partial charge in [0.25, 0.3) is 5.91 Å². The maximum absolute atomic E-state index is 12.7. The van der Waals surface area contributed by atoms with Crippen LogP contribution in [0.5, 0.6) is 0 Å². The minimum absolute atomic E-state index is 0.151. The molecule has 0 aliphatic carbocycles. The molecule has 1 aliphatic rings. The van der Waals surface area contributed by atoms with Crippen LogP contribution >= 0.6 is 0 Å². The van der Waals surface area contributed by atoms with Crippen LogP contribution < -0.4 is 10.6 Å². The number of piperazine rings is 1. The van der Waals surface area contributed by atoms with Crippen LogP contribution in [0.25, 0.3) is 0 Å². The highest BCUT2D eigenvalue weighted by atomic mass is 16.6. The van der Waals surface area contributed by atoms with E-state index in [0.717, 1.165) is 0 Å². The molecule has 1 fully saturated rings.